The topological polar surface area (TPSA) is 91.4 Å². The summed E-state index contributed by atoms with van der Waals surface area (Å²) < 4.78 is 22.4. The molecular formula is C70H45BBrN4O4. The molecule has 0 spiro atoms. The number of nitrogens with zero attached hydrogens (tertiary/aromatic N) is 4. The molecule has 0 amide bonds. The van der Waals surface area contributed by atoms with Crippen LogP contribution in [0.25, 0.3) is 133 Å². The van der Waals surface area contributed by atoms with E-state index in [2.05, 4.69) is 217 Å². The minimum atomic E-state index is 0.599. The average molecular weight is 1100 g/mol. The Hall–Kier alpha value is -10.00. The first-order valence-corrected chi connectivity index (χ1v) is 27.0. The minimum absolute atomic E-state index is 0.599. The molecule has 6 heterocycles. The predicted molar refractivity (Wildman–Crippen MR) is 331 cm³/mol. The number of para-hydroxylation sites is 4. The van der Waals surface area contributed by atoms with Crippen LogP contribution in [0.1, 0.15) is 0 Å². The molecule has 6 aromatic heterocycles. The molecule has 0 saturated heterocycles. The van der Waals surface area contributed by atoms with Crippen molar-refractivity contribution in [2.45, 2.75) is 0 Å². The summed E-state index contributed by atoms with van der Waals surface area (Å²) in [5, 5.41) is 16.0. The molecule has 16 rings (SSSR count). The third-order valence-corrected chi connectivity index (χ3v) is 15.2. The molecule has 0 bridgehead atoms. The van der Waals surface area contributed by atoms with Crippen molar-refractivity contribution in [1.82, 2.24) is 19.1 Å². The molecule has 8 nitrogen and oxygen atoms in total. The highest BCUT2D eigenvalue weighted by atomic mass is 79.9. The molecule has 0 unspecified atom stereocenters. The maximum absolute atomic E-state index is 8.90. The number of aromatic nitrogens is 4. The molecule has 10 aromatic carbocycles. The molecular weight excluding hydrogens is 1050 g/mol. The van der Waals surface area contributed by atoms with Crippen molar-refractivity contribution < 1.29 is 18.5 Å². The van der Waals surface area contributed by atoms with Gasteiger partial charge in [0.2, 0.25) is 0 Å². The van der Waals surface area contributed by atoms with E-state index in [1.807, 2.05) is 79.0 Å². The molecule has 0 aliphatic carbocycles. The molecule has 0 fully saturated rings. The fourth-order valence-corrected chi connectivity index (χ4v) is 11.4. The third-order valence-electron chi connectivity index (χ3n) is 14.7. The Balaban J connectivity index is 0.000000120. The quantitative estimate of drug-likeness (QED) is 0.160. The summed E-state index contributed by atoms with van der Waals surface area (Å²) in [5.74, 6) is 0.599. The largest absolute Gasteiger partial charge is 0.569 e. The van der Waals surface area contributed by atoms with Crippen molar-refractivity contribution in [1.29, 1.82) is 0 Å². The molecule has 10 heteroatoms. The highest BCUT2D eigenvalue weighted by molar-refractivity contribution is 9.10. The lowest BCUT2D eigenvalue weighted by molar-refractivity contribution is 0.454. The number of furan rings is 2. The minimum Gasteiger partial charge on any atom is -0.537 e. The van der Waals surface area contributed by atoms with Gasteiger partial charge in [-0.05, 0) is 155 Å². The fourth-order valence-electron chi connectivity index (χ4n) is 11.1. The van der Waals surface area contributed by atoms with Gasteiger partial charge in [-0.2, -0.15) is 0 Å². The number of rotatable bonds is 7. The molecule has 0 aliphatic rings. The highest BCUT2D eigenvalue weighted by Crippen LogP contribution is 2.38. The van der Waals surface area contributed by atoms with Crippen LogP contribution in [0, 0.1) is 0 Å². The second-order valence-electron chi connectivity index (χ2n) is 19.4. The Morgan fingerprint density at radius 1 is 0.350 bits per heavy atom. The maximum Gasteiger partial charge on any atom is 0.569 e. The van der Waals surface area contributed by atoms with E-state index in [0.29, 0.717) is 13.4 Å². The van der Waals surface area contributed by atoms with Crippen LogP contribution in [0.15, 0.2) is 280 Å². The smallest absolute Gasteiger partial charge is 0.537 e. The van der Waals surface area contributed by atoms with Gasteiger partial charge in [0.1, 0.15) is 27.9 Å². The van der Waals surface area contributed by atoms with Gasteiger partial charge >= 0.3 is 7.69 Å². The molecule has 0 saturated carbocycles. The average Bonchev–Trinajstić information content (AvgIpc) is 4.33. The van der Waals surface area contributed by atoms with Gasteiger partial charge in [0.05, 0.1) is 22.1 Å². The van der Waals surface area contributed by atoms with Crippen LogP contribution in [0.5, 0.6) is 5.75 Å². The van der Waals surface area contributed by atoms with E-state index in [-0.39, 0.29) is 0 Å². The maximum atomic E-state index is 8.90. The SMILES string of the molecule is Brc1ccc2oc3cccnc3c2c1.O[B]Oc1cccc(-c2cccc(-n3c4ccccc4c4ccccc43)c2)c1.c1cc(-c2cccc(-n3c4ccccc4c4ccccc43)c2)cc(-c2ccc3oc4cccnc4c3c2)c1. The fraction of sp³-hybridized carbons (Fsp3) is 0. The standard InChI is InChI=1S/C35H22N2O.C24H17BNO2.C11H6BrNO/c1-3-14-31-28(12-1)29-13-2-4-15-32(29)37(31)27-11-6-10-25(21-27)23-8-5-9-24(20-23)26-17-18-33-30(22-26)35-34(38-33)16-7-19-36-35;27-25-28-20-10-6-8-18(16-20)17-7-5-9-19(15-17)26-23-13-3-1-11-21(23)22-12-2-4-14-24(22)26;12-7-3-4-9-8(6-7)11-10(14-9)2-1-5-13-11/h1-22H;1-16,27H;1-6H. The number of pyridine rings is 2. The number of halogens is 1. The van der Waals surface area contributed by atoms with E-state index in [1.165, 1.54) is 54.7 Å². The number of hydrogen-bond donors (Lipinski definition) is 1. The lowest BCUT2D eigenvalue weighted by Gasteiger charge is -2.11. The van der Waals surface area contributed by atoms with Crippen LogP contribution >= 0.6 is 15.9 Å². The monoisotopic (exact) mass is 1100 g/mol. The van der Waals surface area contributed by atoms with Gasteiger partial charge in [-0.3, -0.25) is 9.97 Å². The van der Waals surface area contributed by atoms with Crippen LogP contribution in [0.3, 0.4) is 0 Å². The second kappa shape index (κ2) is 20.8. The van der Waals surface area contributed by atoms with Gasteiger partial charge in [0.25, 0.3) is 0 Å². The van der Waals surface area contributed by atoms with Crippen LogP contribution in [0.2, 0.25) is 0 Å². The van der Waals surface area contributed by atoms with E-state index in [0.717, 1.165) is 82.2 Å². The summed E-state index contributed by atoms with van der Waals surface area (Å²) in [6.45, 7) is 0. The number of fused-ring (bicyclic) bond motifs is 12. The molecule has 80 heavy (non-hydrogen) atoms. The summed E-state index contributed by atoms with van der Waals surface area (Å²) in [5.41, 5.74) is 19.1. The van der Waals surface area contributed by atoms with Crippen molar-refractivity contribution in [2.75, 3.05) is 0 Å². The molecule has 1 radical (unpaired) electrons. The zero-order valence-electron chi connectivity index (χ0n) is 42.8. The lowest BCUT2D eigenvalue weighted by Crippen LogP contribution is -1.99. The third kappa shape index (κ3) is 8.92. The predicted octanol–water partition coefficient (Wildman–Crippen LogP) is 18.5. The summed E-state index contributed by atoms with van der Waals surface area (Å²) >= 11 is 3.43. The van der Waals surface area contributed by atoms with Crippen molar-refractivity contribution in [2.24, 2.45) is 0 Å². The normalized spacial score (nSPS) is 11.4. The first kappa shape index (κ1) is 48.4. The Labute approximate surface area is 468 Å². The van der Waals surface area contributed by atoms with E-state index < -0.39 is 0 Å². The van der Waals surface area contributed by atoms with Crippen LogP contribution < -0.4 is 4.65 Å². The zero-order chi connectivity index (χ0) is 53.5. The summed E-state index contributed by atoms with van der Waals surface area (Å²) in [6.07, 6.45) is 3.59. The van der Waals surface area contributed by atoms with Crippen molar-refractivity contribution in [3.05, 3.63) is 272 Å². The Morgan fingerprint density at radius 2 is 0.762 bits per heavy atom. The Morgan fingerprint density at radius 3 is 1.26 bits per heavy atom. The molecule has 0 atom stereocenters. The summed E-state index contributed by atoms with van der Waals surface area (Å²) in [4.78, 5) is 8.85. The van der Waals surface area contributed by atoms with Crippen molar-refractivity contribution in [3.63, 3.8) is 0 Å². The van der Waals surface area contributed by atoms with Crippen molar-refractivity contribution >= 4 is 111 Å². The number of hydrogen-bond acceptors (Lipinski definition) is 6. The zero-order valence-corrected chi connectivity index (χ0v) is 44.4. The Bertz CT molecular complexity index is 4870. The van der Waals surface area contributed by atoms with Gasteiger partial charge in [-0.15, -0.1) is 0 Å². The van der Waals surface area contributed by atoms with Gasteiger partial charge in [-0.1, -0.05) is 149 Å². The molecule has 379 valence electrons. The Kier molecular flexibility index (Phi) is 12.6. The lowest BCUT2D eigenvalue weighted by atomic mass is 9.98. The van der Waals surface area contributed by atoms with Gasteiger partial charge in [-0.25, -0.2) is 0 Å². The van der Waals surface area contributed by atoms with Crippen LogP contribution in [0.4, 0.5) is 0 Å². The van der Waals surface area contributed by atoms with Gasteiger partial charge in [0, 0.05) is 60.6 Å². The van der Waals surface area contributed by atoms with E-state index in [1.54, 1.807) is 6.20 Å². The van der Waals surface area contributed by atoms with Gasteiger partial charge < -0.3 is 27.6 Å². The van der Waals surface area contributed by atoms with E-state index in [9.17, 15) is 0 Å². The summed E-state index contributed by atoms with van der Waals surface area (Å²) in [6, 6.07) is 87.9. The second-order valence-corrected chi connectivity index (χ2v) is 20.3. The molecule has 16 aromatic rings. The van der Waals surface area contributed by atoms with E-state index in [4.69, 9.17) is 18.5 Å². The highest BCUT2D eigenvalue weighted by Gasteiger charge is 2.16. The van der Waals surface area contributed by atoms with E-state index >= 15 is 0 Å². The molecule has 0 aliphatic heterocycles. The number of benzene rings is 10. The van der Waals surface area contributed by atoms with Crippen LogP contribution in [-0.2, 0) is 0 Å². The van der Waals surface area contributed by atoms with Crippen molar-refractivity contribution in [3.8, 4) is 50.5 Å². The molecule has 1 N–H and O–H groups in total. The van der Waals surface area contributed by atoms with Gasteiger partial charge in [0.15, 0.2) is 11.2 Å². The summed E-state index contributed by atoms with van der Waals surface area (Å²) in [7, 11) is 0.702. The first-order chi connectivity index (χ1) is 39.5. The first-order valence-electron chi connectivity index (χ1n) is 26.2. The van der Waals surface area contributed by atoms with Crippen LogP contribution in [-0.4, -0.2) is 31.8 Å².